The van der Waals surface area contributed by atoms with Crippen LogP contribution in [0.1, 0.15) is 23.0 Å². The molecule has 0 N–H and O–H groups in total. The second kappa shape index (κ2) is 4.51. The van der Waals surface area contributed by atoms with Gasteiger partial charge in [0.15, 0.2) is 6.10 Å². The molecule has 1 aromatic heterocycles. The lowest BCUT2D eigenvalue weighted by Gasteiger charge is -2.07. The SMILES string of the molecule is Clc1ccc(C2CC(c3cccs3)=NO2)cc1. The molecule has 0 aliphatic carbocycles. The van der Waals surface area contributed by atoms with E-state index in [1.54, 1.807) is 11.3 Å². The summed E-state index contributed by atoms with van der Waals surface area (Å²) in [5.74, 6) is 0. The van der Waals surface area contributed by atoms with Crippen molar-refractivity contribution in [3.05, 3.63) is 57.2 Å². The standard InChI is InChI=1S/C13H10ClNOS/c14-10-5-3-9(4-6-10)12-8-11(15-16-12)13-2-1-7-17-13/h1-7,12H,8H2. The Morgan fingerprint density at radius 1 is 1.24 bits per heavy atom. The van der Waals surface area contributed by atoms with E-state index in [4.69, 9.17) is 16.4 Å². The number of benzene rings is 1. The minimum Gasteiger partial charge on any atom is -0.387 e. The molecule has 86 valence electrons. The summed E-state index contributed by atoms with van der Waals surface area (Å²) in [5, 5.41) is 6.94. The second-order valence-corrected chi connectivity index (χ2v) is 5.25. The summed E-state index contributed by atoms with van der Waals surface area (Å²) < 4.78 is 0. The quantitative estimate of drug-likeness (QED) is 0.793. The molecule has 1 aliphatic rings. The highest BCUT2D eigenvalue weighted by molar-refractivity contribution is 7.12. The molecule has 0 saturated heterocycles. The largest absolute Gasteiger partial charge is 0.387 e. The van der Waals surface area contributed by atoms with Gasteiger partial charge in [-0.2, -0.15) is 0 Å². The molecule has 2 nitrogen and oxygen atoms in total. The maximum Gasteiger partial charge on any atom is 0.158 e. The fourth-order valence-electron chi connectivity index (χ4n) is 1.82. The lowest BCUT2D eigenvalue weighted by molar-refractivity contribution is 0.0857. The van der Waals surface area contributed by atoms with Gasteiger partial charge in [0.05, 0.1) is 4.88 Å². The van der Waals surface area contributed by atoms with Crippen LogP contribution in [0.2, 0.25) is 5.02 Å². The molecule has 0 fully saturated rings. The van der Waals surface area contributed by atoms with Crippen molar-refractivity contribution < 1.29 is 4.84 Å². The normalized spacial score (nSPS) is 18.9. The number of rotatable bonds is 2. The summed E-state index contributed by atoms with van der Waals surface area (Å²) in [4.78, 5) is 6.65. The first-order valence-electron chi connectivity index (χ1n) is 5.35. The Hall–Kier alpha value is -1.32. The van der Waals surface area contributed by atoms with Crippen molar-refractivity contribution in [3.8, 4) is 0 Å². The minimum absolute atomic E-state index is 0.0179. The van der Waals surface area contributed by atoms with Crippen LogP contribution in [0.5, 0.6) is 0 Å². The highest BCUT2D eigenvalue weighted by atomic mass is 35.5. The predicted molar refractivity (Wildman–Crippen MR) is 70.8 cm³/mol. The molecule has 1 atom stereocenters. The molecular weight excluding hydrogens is 254 g/mol. The van der Waals surface area contributed by atoms with E-state index in [9.17, 15) is 0 Å². The van der Waals surface area contributed by atoms with Crippen LogP contribution in [0.25, 0.3) is 0 Å². The summed E-state index contributed by atoms with van der Waals surface area (Å²) >= 11 is 7.55. The van der Waals surface area contributed by atoms with Gasteiger partial charge in [0.2, 0.25) is 0 Å². The fourth-order valence-corrected chi connectivity index (χ4v) is 2.67. The molecule has 2 heterocycles. The van der Waals surface area contributed by atoms with Crippen LogP contribution in [0.3, 0.4) is 0 Å². The van der Waals surface area contributed by atoms with E-state index < -0.39 is 0 Å². The van der Waals surface area contributed by atoms with Gasteiger partial charge >= 0.3 is 0 Å². The number of thiophene rings is 1. The molecule has 17 heavy (non-hydrogen) atoms. The number of nitrogens with zero attached hydrogens (tertiary/aromatic N) is 1. The van der Waals surface area contributed by atoms with Gasteiger partial charge in [-0.3, -0.25) is 0 Å². The lowest BCUT2D eigenvalue weighted by atomic mass is 10.0. The highest BCUT2D eigenvalue weighted by Gasteiger charge is 2.24. The van der Waals surface area contributed by atoms with E-state index in [0.29, 0.717) is 0 Å². The number of hydrogen-bond acceptors (Lipinski definition) is 3. The van der Waals surface area contributed by atoms with Crippen molar-refractivity contribution in [1.82, 2.24) is 0 Å². The van der Waals surface area contributed by atoms with Crippen LogP contribution in [-0.2, 0) is 4.84 Å². The minimum atomic E-state index is 0.0179. The Kier molecular flexibility index (Phi) is 2.87. The van der Waals surface area contributed by atoms with Crippen molar-refractivity contribution in [3.63, 3.8) is 0 Å². The molecule has 1 unspecified atom stereocenters. The average Bonchev–Trinajstić information content (AvgIpc) is 3.00. The zero-order chi connectivity index (χ0) is 11.7. The van der Waals surface area contributed by atoms with E-state index in [2.05, 4.69) is 11.2 Å². The van der Waals surface area contributed by atoms with Gasteiger partial charge in [-0.25, -0.2) is 0 Å². The Morgan fingerprint density at radius 3 is 2.76 bits per heavy atom. The van der Waals surface area contributed by atoms with E-state index in [0.717, 1.165) is 22.7 Å². The van der Waals surface area contributed by atoms with Gasteiger partial charge in [0.1, 0.15) is 5.71 Å². The Balaban J connectivity index is 1.76. The van der Waals surface area contributed by atoms with Gasteiger partial charge in [0, 0.05) is 11.4 Å². The van der Waals surface area contributed by atoms with Crippen LogP contribution in [0.15, 0.2) is 46.9 Å². The first-order valence-corrected chi connectivity index (χ1v) is 6.61. The van der Waals surface area contributed by atoms with Crippen LogP contribution >= 0.6 is 22.9 Å². The van der Waals surface area contributed by atoms with Crippen molar-refractivity contribution in [2.75, 3.05) is 0 Å². The molecule has 1 aliphatic heterocycles. The van der Waals surface area contributed by atoms with Crippen molar-refractivity contribution in [2.24, 2.45) is 5.16 Å². The maximum atomic E-state index is 5.86. The molecule has 1 aromatic carbocycles. The Bertz CT molecular complexity index is 533. The summed E-state index contributed by atoms with van der Waals surface area (Å²) in [6.07, 6.45) is 0.840. The molecular formula is C13H10ClNOS. The van der Waals surface area contributed by atoms with Gasteiger partial charge in [0.25, 0.3) is 0 Å². The van der Waals surface area contributed by atoms with Crippen LogP contribution in [-0.4, -0.2) is 5.71 Å². The van der Waals surface area contributed by atoms with Gasteiger partial charge in [-0.15, -0.1) is 11.3 Å². The molecule has 0 spiro atoms. The van der Waals surface area contributed by atoms with E-state index in [1.807, 2.05) is 35.7 Å². The summed E-state index contributed by atoms with van der Waals surface area (Å²) in [6.45, 7) is 0. The second-order valence-electron chi connectivity index (χ2n) is 3.87. The van der Waals surface area contributed by atoms with Gasteiger partial charge < -0.3 is 4.84 Å². The van der Waals surface area contributed by atoms with Crippen LogP contribution < -0.4 is 0 Å². The molecule has 0 bridgehead atoms. The van der Waals surface area contributed by atoms with Crippen LogP contribution in [0, 0.1) is 0 Å². The predicted octanol–water partition coefficient (Wildman–Crippen LogP) is 4.27. The third kappa shape index (κ3) is 2.21. The van der Waals surface area contributed by atoms with Crippen molar-refractivity contribution >= 4 is 28.6 Å². The highest BCUT2D eigenvalue weighted by Crippen LogP contribution is 2.31. The molecule has 2 aromatic rings. The topological polar surface area (TPSA) is 21.6 Å². The van der Waals surface area contributed by atoms with Crippen LogP contribution in [0.4, 0.5) is 0 Å². The smallest absolute Gasteiger partial charge is 0.158 e. The Labute approximate surface area is 108 Å². The first kappa shape index (κ1) is 10.8. The third-order valence-electron chi connectivity index (χ3n) is 2.72. The number of oxime groups is 1. The first-order chi connectivity index (χ1) is 8.33. The van der Waals surface area contributed by atoms with Crippen molar-refractivity contribution in [2.45, 2.75) is 12.5 Å². The fraction of sp³-hybridized carbons (Fsp3) is 0.154. The zero-order valence-corrected chi connectivity index (χ0v) is 10.5. The number of halogens is 1. The zero-order valence-electron chi connectivity index (χ0n) is 8.97. The average molecular weight is 264 g/mol. The summed E-state index contributed by atoms with van der Waals surface area (Å²) in [7, 11) is 0. The maximum absolute atomic E-state index is 5.86. The summed E-state index contributed by atoms with van der Waals surface area (Å²) in [6, 6.07) is 11.8. The molecule has 0 amide bonds. The lowest BCUT2D eigenvalue weighted by Crippen LogP contribution is -1.99. The van der Waals surface area contributed by atoms with Gasteiger partial charge in [-0.1, -0.05) is 35.0 Å². The Morgan fingerprint density at radius 2 is 2.06 bits per heavy atom. The van der Waals surface area contributed by atoms with Gasteiger partial charge in [-0.05, 0) is 29.1 Å². The summed E-state index contributed by atoms with van der Waals surface area (Å²) in [5.41, 5.74) is 2.14. The molecule has 0 radical (unpaired) electrons. The van der Waals surface area contributed by atoms with Crippen molar-refractivity contribution in [1.29, 1.82) is 0 Å². The molecule has 3 rings (SSSR count). The van der Waals surface area contributed by atoms with E-state index in [-0.39, 0.29) is 6.10 Å². The molecule has 4 heteroatoms. The van der Waals surface area contributed by atoms with E-state index >= 15 is 0 Å². The number of hydrogen-bond donors (Lipinski definition) is 0. The third-order valence-corrected chi connectivity index (χ3v) is 3.89. The molecule has 0 saturated carbocycles. The monoisotopic (exact) mass is 263 g/mol. The van der Waals surface area contributed by atoms with E-state index in [1.165, 1.54) is 4.88 Å².